The van der Waals surface area contributed by atoms with Crippen molar-refractivity contribution < 1.29 is 19.2 Å². The fraction of sp³-hybridized carbons (Fsp3) is 0.250. The minimum absolute atomic E-state index is 0.184. The lowest BCUT2D eigenvalue weighted by Gasteiger charge is -2.12. The van der Waals surface area contributed by atoms with Crippen molar-refractivity contribution in [2.45, 2.75) is 13.5 Å². The molecule has 0 unspecified atom stereocenters. The number of carbonyl (C=O) groups excluding carboxylic acids is 1. The molecule has 0 saturated carbocycles. The summed E-state index contributed by atoms with van der Waals surface area (Å²) in [5, 5.41) is 13.5. The number of hydrogen-bond donors (Lipinski definition) is 1. The lowest BCUT2D eigenvalue weighted by atomic mass is 10.2. The number of nitrogens with zero attached hydrogens (tertiary/aromatic N) is 2. The van der Waals surface area contributed by atoms with Crippen LogP contribution in [-0.2, 0) is 11.3 Å². The van der Waals surface area contributed by atoms with Gasteiger partial charge in [-0.25, -0.2) is 0 Å². The zero-order chi connectivity index (χ0) is 18.6. The van der Waals surface area contributed by atoms with Gasteiger partial charge in [0.2, 0.25) is 5.91 Å². The molecule has 0 radical (unpaired) electrons. The van der Waals surface area contributed by atoms with Crippen LogP contribution in [0.1, 0.15) is 5.56 Å². The molecule has 9 nitrogen and oxygen atoms in total. The molecule has 0 saturated heterocycles. The highest BCUT2D eigenvalue weighted by molar-refractivity contribution is 5.92. The van der Waals surface area contributed by atoms with Crippen LogP contribution >= 0.6 is 0 Å². The molecule has 2 rings (SSSR count). The van der Waals surface area contributed by atoms with Gasteiger partial charge in [-0.05, 0) is 19.1 Å². The van der Waals surface area contributed by atoms with Gasteiger partial charge < -0.3 is 14.8 Å². The van der Waals surface area contributed by atoms with Crippen molar-refractivity contribution in [1.82, 2.24) is 4.57 Å². The van der Waals surface area contributed by atoms with Crippen molar-refractivity contribution in [3.05, 3.63) is 56.5 Å². The van der Waals surface area contributed by atoms with E-state index in [9.17, 15) is 19.7 Å². The summed E-state index contributed by atoms with van der Waals surface area (Å²) in [6.07, 6.45) is 1.04. The second-order valence-corrected chi connectivity index (χ2v) is 5.19. The van der Waals surface area contributed by atoms with Crippen LogP contribution < -0.4 is 20.3 Å². The van der Waals surface area contributed by atoms with Crippen LogP contribution in [0.15, 0.2) is 35.3 Å². The Hall–Kier alpha value is -3.36. The topological polar surface area (TPSA) is 113 Å². The zero-order valence-corrected chi connectivity index (χ0v) is 13.9. The number of pyridine rings is 1. The van der Waals surface area contributed by atoms with Gasteiger partial charge in [0.05, 0.1) is 31.0 Å². The van der Waals surface area contributed by atoms with Crippen LogP contribution in [0.4, 0.5) is 11.4 Å². The number of nitrogens with one attached hydrogen (secondary N) is 1. The van der Waals surface area contributed by atoms with Crippen molar-refractivity contribution in [3.63, 3.8) is 0 Å². The Balaban J connectivity index is 2.24. The summed E-state index contributed by atoms with van der Waals surface area (Å²) < 4.78 is 11.3. The number of anilines is 1. The van der Waals surface area contributed by atoms with E-state index in [1.54, 1.807) is 18.2 Å². The average molecular weight is 347 g/mol. The summed E-state index contributed by atoms with van der Waals surface area (Å²) in [7, 11) is 2.95. The van der Waals surface area contributed by atoms with Crippen molar-refractivity contribution in [3.8, 4) is 11.5 Å². The Kier molecular flexibility index (Phi) is 5.38. The minimum atomic E-state index is -0.618. The quantitative estimate of drug-likeness (QED) is 0.629. The van der Waals surface area contributed by atoms with E-state index in [-0.39, 0.29) is 17.8 Å². The third-order valence-corrected chi connectivity index (χ3v) is 3.46. The maximum Gasteiger partial charge on any atom is 0.286 e. The third-order valence-electron chi connectivity index (χ3n) is 3.46. The molecule has 0 aliphatic rings. The molecule has 0 bridgehead atoms. The molecule has 0 spiro atoms. The van der Waals surface area contributed by atoms with E-state index < -0.39 is 16.4 Å². The van der Waals surface area contributed by atoms with E-state index in [1.165, 1.54) is 27.2 Å². The fourth-order valence-electron chi connectivity index (χ4n) is 2.23. The Bertz CT molecular complexity index is 875. The van der Waals surface area contributed by atoms with Gasteiger partial charge in [0.25, 0.3) is 11.2 Å². The molecule has 1 heterocycles. The van der Waals surface area contributed by atoms with Gasteiger partial charge in [0, 0.05) is 17.7 Å². The summed E-state index contributed by atoms with van der Waals surface area (Å²) in [5.74, 6) is 0.418. The molecule has 25 heavy (non-hydrogen) atoms. The van der Waals surface area contributed by atoms with Crippen molar-refractivity contribution in [2.75, 3.05) is 19.5 Å². The van der Waals surface area contributed by atoms with E-state index in [0.29, 0.717) is 17.2 Å². The molecule has 2 aromatic rings. The normalized spacial score (nSPS) is 10.2. The molecule has 0 aliphatic heterocycles. The SMILES string of the molecule is COc1ccc(NC(=O)Cn2cc([N+](=O)[O-])cc(C)c2=O)c(OC)c1. The zero-order valence-electron chi connectivity index (χ0n) is 13.9. The maximum atomic E-state index is 12.2. The second kappa shape index (κ2) is 7.47. The van der Waals surface area contributed by atoms with Crippen molar-refractivity contribution >= 4 is 17.3 Å². The maximum absolute atomic E-state index is 12.2. The first-order valence-electron chi connectivity index (χ1n) is 7.23. The number of carbonyl (C=O) groups is 1. The van der Waals surface area contributed by atoms with Gasteiger partial charge in [-0.1, -0.05) is 0 Å². The molecule has 1 N–H and O–H groups in total. The van der Waals surface area contributed by atoms with Gasteiger partial charge in [-0.2, -0.15) is 0 Å². The summed E-state index contributed by atoms with van der Waals surface area (Å²) in [5.41, 5.74) is -0.151. The summed E-state index contributed by atoms with van der Waals surface area (Å²) in [6, 6.07) is 6.00. The smallest absolute Gasteiger partial charge is 0.286 e. The molecule has 1 aromatic carbocycles. The van der Waals surface area contributed by atoms with Gasteiger partial charge >= 0.3 is 0 Å². The monoisotopic (exact) mass is 347 g/mol. The lowest BCUT2D eigenvalue weighted by Crippen LogP contribution is -2.28. The minimum Gasteiger partial charge on any atom is -0.497 e. The Morgan fingerprint density at radius 1 is 1.28 bits per heavy atom. The van der Waals surface area contributed by atoms with Crippen molar-refractivity contribution in [1.29, 1.82) is 0 Å². The molecule has 0 aliphatic carbocycles. The molecule has 132 valence electrons. The van der Waals surface area contributed by atoms with Crippen LogP contribution in [0, 0.1) is 17.0 Å². The number of amides is 1. The van der Waals surface area contributed by atoms with Crippen LogP contribution in [-0.4, -0.2) is 29.6 Å². The van der Waals surface area contributed by atoms with Gasteiger partial charge in [-0.3, -0.25) is 24.3 Å². The first-order chi connectivity index (χ1) is 11.8. The molecular weight excluding hydrogens is 330 g/mol. The van der Waals surface area contributed by atoms with Crippen LogP contribution in [0.3, 0.4) is 0 Å². The average Bonchev–Trinajstić information content (AvgIpc) is 2.58. The summed E-state index contributed by atoms with van der Waals surface area (Å²) in [4.78, 5) is 34.6. The number of nitro groups is 1. The Morgan fingerprint density at radius 3 is 2.60 bits per heavy atom. The highest BCUT2D eigenvalue weighted by Gasteiger charge is 2.15. The van der Waals surface area contributed by atoms with Crippen LogP contribution in [0.25, 0.3) is 0 Å². The third kappa shape index (κ3) is 4.14. The number of hydrogen-bond acceptors (Lipinski definition) is 6. The fourth-order valence-corrected chi connectivity index (χ4v) is 2.23. The number of rotatable bonds is 6. The van der Waals surface area contributed by atoms with Crippen molar-refractivity contribution in [2.24, 2.45) is 0 Å². The summed E-state index contributed by atoms with van der Waals surface area (Å²) in [6.45, 7) is 1.09. The number of ether oxygens (including phenoxy) is 2. The van der Waals surface area contributed by atoms with Gasteiger partial charge in [0.15, 0.2) is 0 Å². The van der Waals surface area contributed by atoms with Crippen LogP contribution in [0.5, 0.6) is 11.5 Å². The first kappa shape index (κ1) is 18.0. The van der Waals surface area contributed by atoms with E-state index >= 15 is 0 Å². The highest BCUT2D eigenvalue weighted by Crippen LogP contribution is 2.28. The van der Waals surface area contributed by atoms with Gasteiger partial charge in [-0.15, -0.1) is 0 Å². The number of aromatic nitrogens is 1. The molecule has 1 aromatic heterocycles. The molecule has 0 atom stereocenters. The Morgan fingerprint density at radius 2 is 2.00 bits per heavy atom. The predicted molar refractivity (Wildman–Crippen MR) is 90.3 cm³/mol. The Labute approximate surface area is 142 Å². The summed E-state index contributed by atoms with van der Waals surface area (Å²) >= 11 is 0. The first-order valence-corrected chi connectivity index (χ1v) is 7.23. The molecular formula is C16H17N3O6. The van der Waals surface area contributed by atoms with E-state index in [4.69, 9.17) is 9.47 Å². The number of benzene rings is 1. The number of aryl methyl sites for hydroxylation is 1. The van der Waals surface area contributed by atoms with E-state index in [0.717, 1.165) is 10.8 Å². The molecule has 9 heteroatoms. The standard InChI is InChI=1S/C16H17N3O6/c1-10-6-11(19(22)23)8-18(16(10)21)9-15(20)17-13-5-4-12(24-2)7-14(13)25-3/h4-8H,9H2,1-3H3,(H,17,20). The highest BCUT2D eigenvalue weighted by atomic mass is 16.6. The molecule has 0 fully saturated rings. The number of methoxy groups -OCH3 is 2. The predicted octanol–water partition coefficient (Wildman–Crippen LogP) is 1.72. The lowest BCUT2D eigenvalue weighted by molar-refractivity contribution is -0.385. The second-order valence-electron chi connectivity index (χ2n) is 5.19. The van der Waals surface area contributed by atoms with E-state index in [2.05, 4.69) is 5.32 Å². The van der Waals surface area contributed by atoms with Crippen LogP contribution in [0.2, 0.25) is 0 Å². The largest absolute Gasteiger partial charge is 0.497 e. The molecule has 1 amide bonds. The van der Waals surface area contributed by atoms with E-state index in [1.807, 2.05) is 0 Å². The van der Waals surface area contributed by atoms with Gasteiger partial charge in [0.1, 0.15) is 18.0 Å².